The lowest BCUT2D eigenvalue weighted by Gasteiger charge is -2.36. The largest absolute Gasteiger partial charge is 0.444 e. The average Bonchev–Trinajstić information content (AvgIpc) is 3.74. The van der Waals surface area contributed by atoms with Crippen molar-refractivity contribution in [3.05, 3.63) is 77.9 Å². The zero-order valence-corrected chi connectivity index (χ0v) is 23.7. The Balaban J connectivity index is 1.72. The van der Waals surface area contributed by atoms with Crippen LogP contribution < -0.4 is 10.6 Å². The lowest BCUT2D eigenvalue weighted by molar-refractivity contribution is -0.142. The van der Waals surface area contributed by atoms with E-state index in [2.05, 4.69) is 16.6 Å². The van der Waals surface area contributed by atoms with Gasteiger partial charge in [-0.2, -0.15) is 0 Å². The normalized spacial score (nSPS) is 14.6. The first-order chi connectivity index (χ1) is 19.0. The summed E-state index contributed by atoms with van der Waals surface area (Å²) in [5, 5.41) is 7.82. The third-order valence-corrected chi connectivity index (χ3v) is 6.75. The Morgan fingerprint density at radius 1 is 0.975 bits per heavy atom. The standard InChI is InChI=1S/C33H37N3O4/c1-7-22-12-10-11-15-27(22)29(30(37)34-25-17-16-23-13-8-9-14-24(23)20-25)36(26-18-19-26)31(38)28(21(2)3)35-32(39)40-33(4,5)6/h1,8-17,20-21,26,28-29H,18-19H2,2-6H3,(H,34,37)(H,35,39). The fourth-order valence-corrected chi connectivity index (χ4v) is 4.74. The molecule has 0 bridgehead atoms. The summed E-state index contributed by atoms with van der Waals surface area (Å²) >= 11 is 0. The van der Waals surface area contributed by atoms with Crippen molar-refractivity contribution in [1.82, 2.24) is 10.2 Å². The molecule has 2 unspecified atom stereocenters. The Bertz CT molecular complexity index is 1450. The smallest absolute Gasteiger partial charge is 0.408 e. The van der Waals surface area contributed by atoms with Crippen molar-refractivity contribution in [2.75, 3.05) is 5.32 Å². The van der Waals surface area contributed by atoms with E-state index in [1.165, 1.54) is 0 Å². The number of amides is 3. The van der Waals surface area contributed by atoms with Crippen molar-refractivity contribution in [2.24, 2.45) is 5.92 Å². The van der Waals surface area contributed by atoms with Gasteiger partial charge in [-0.3, -0.25) is 9.59 Å². The van der Waals surface area contributed by atoms with Gasteiger partial charge in [0.05, 0.1) is 0 Å². The Morgan fingerprint density at radius 2 is 1.62 bits per heavy atom. The average molecular weight is 540 g/mol. The van der Waals surface area contributed by atoms with Crippen LogP contribution >= 0.6 is 0 Å². The van der Waals surface area contributed by atoms with Gasteiger partial charge in [0.15, 0.2) is 0 Å². The van der Waals surface area contributed by atoms with Crippen LogP contribution in [0.4, 0.5) is 10.5 Å². The number of hydrogen-bond donors (Lipinski definition) is 2. The van der Waals surface area contributed by atoms with Crippen molar-refractivity contribution in [3.63, 3.8) is 0 Å². The van der Waals surface area contributed by atoms with Crippen LogP contribution in [0.15, 0.2) is 66.7 Å². The van der Waals surface area contributed by atoms with Crippen molar-refractivity contribution < 1.29 is 19.1 Å². The molecule has 1 saturated carbocycles. The van der Waals surface area contributed by atoms with Crippen molar-refractivity contribution in [2.45, 2.75) is 71.2 Å². The van der Waals surface area contributed by atoms with E-state index in [0.29, 0.717) is 16.8 Å². The summed E-state index contributed by atoms with van der Waals surface area (Å²) in [6, 6.07) is 18.7. The molecular formula is C33H37N3O4. The first-order valence-corrected chi connectivity index (χ1v) is 13.7. The molecule has 7 heteroatoms. The summed E-state index contributed by atoms with van der Waals surface area (Å²) in [7, 11) is 0. The number of hydrogen-bond acceptors (Lipinski definition) is 4. The number of alkyl carbamates (subject to hydrolysis) is 1. The minimum atomic E-state index is -1.000. The molecular weight excluding hydrogens is 502 g/mol. The summed E-state index contributed by atoms with van der Waals surface area (Å²) in [5.74, 6) is 1.69. The number of fused-ring (bicyclic) bond motifs is 1. The first kappa shape index (κ1) is 28.7. The van der Waals surface area contributed by atoms with E-state index < -0.39 is 23.8 Å². The van der Waals surface area contributed by atoms with Crippen LogP contribution in [0, 0.1) is 18.3 Å². The molecule has 1 aliphatic rings. The predicted molar refractivity (Wildman–Crippen MR) is 158 cm³/mol. The second kappa shape index (κ2) is 11.8. The third kappa shape index (κ3) is 6.81. The van der Waals surface area contributed by atoms with Crippen LogP contribution in [0.5, 0.6) is 0 Å². The van der Waals surface area contributed by atoms with Gasteiger partial charge in [-0.1, -0.05) is 68.3 Å². The van der Waals surface area contributed by atoms with Crippen LogP contribution in [-0.2, 0) is 14.3 Å². The maximum absolute atomic E-state index is 14.2. The molecule has 1 fully saturated rings. The van der Waals surface area contributed by atoms with Crippen LogP contribution in [0.25, 0.3) is 10.8 Å². The number of terminal acetylenes is 1. The van der Waals surface area contributed by atoms with Gasteiger partial charge in [-0.05, 0) is 74.1 Å². The Morgan fingerprint density at radius 3 is 2.25 bits per heavy atom. The second-order valence-electron chi connectivity index (χ2n) is 11.5. The van der Waals surface area contributed by atoms with E-state index in [4.69, 9.17) is 11.2 Å². The molecule has 0 aromatic heterocycles. The highest BCUT2D eigenvalue weighted by molar-refractivity contribution is 6.01. The highest BCUT2D eigenvalue weighted by atomic mass is 16.6. The third-order valence-electron chi connectivity index (χ3n) is 6.75. The molecule has 3 aromatic carbocycles. The summed E-state index contributed by atoms with van der Waals surface area (Å²) in [4.78, 5) is 42.7. The summed E-state index contributed by atoms with van der Waals surface area (Å²) in [6.07, 6.45) is 6.66. The molecule has 40 heavy (non-hydrogen) atoms. The molecule has 0 heterocycles. The number of carbonyl (C=O) groups excluding carboxylic acids is 3. The molecule has 0 aliphatic heterocycles. The van der Waals surface area contributed by atoms with Gasteiger partial charge >= 0.3 is 6.09 Å². The number of carbonyl (C=O) groups is 3. The molecule has 2 N–H and O–H groups in total. The van der Waals surface area contributed by atoms with E-state index in [1.807, 2.05) is 56.3 Å². The van der Waals surface area contributed by atoms with E-state index >= 15 is 0 Å². The zero-order chi connectivity index (χ0) is 29.0. The second-order valence-corrected chi connectivity index (χ2v) is 11.5. The van der Waals surface area contributed by atoms with Crippen LogP contribution in [0.3, 0.4) is 0 Å². The molecule has 0 spiro atoms. The fraction of sp³-hybridized carbons (Fsp3) is 0.364. The molecule has 7 nitrogen and oxygen atoms in total. The number of nitrogens with one attached hydrogen (secondary N) is 2. The van der Waals surface area contributed by atoms with Gasteiger partial charge in [0, 0.05) is 17.3 Å². The summed E-state index contributed by atoms with van der Waals surface area (Å²) < 4.78 is 5.44. The lowest BCUT2D eigenvalue weighted by Crippen LogP contribution is -2.55. The Kier molecular flexibility index (Phi) is 8.49. The van der Waals surface area contributed by atoms with Gasteiger partial charge in [0.2, 0.25) is 5.91 Å². The van der Waals surface area contributed by atoms with Crippen molar-refractivity contribution in [3.8, 4) is 12.3 Å². The van der Waals surface area contributed by atoms with Crippen LogP contribution in [-0.4, -0.2) is 40.5 Å². The highest BCUT2D eigenvalue weighted by Crippen LogP contribution is 2.37. The van der Waals surface area contributed by atoms with E-state index in [9.17, 15) is 14.4 Å². The summed E-state index contributed by atoms with van der Waals surface area (Å²) in [6.45, 7) is 8.99. The van der Waals surface area contributed by atoms with Crippen LogP contribution in [0.1, 0.15) is 64.6 Å². The minimum absolute atomic E-state index is 0.160. The fourth-order valence-electron chi connectivity index (χ4n) is 4.74. The molecule has 1 aliphatic carbocycles. The topological polar surface area (TPSA) is 87.7 Å². The summed E-state index contributed by atoms with van der Waals surface area (Å²) in [5.41, 5.74) is 0.977. The van der Waals surface area contributed by atoms with Crippen LogP contribution in [0.2, 0.25) is 0 Å². The highest BCUT2D eigenvalue weighted by Gasteiger charge is 2.45. The zero-order valence-electron chi connectivity index (χ0n) is 23.7. The van der Waals surface area contributed by atoms with E-state index in [1.54, 1.807) is 49.9 Å². The van der Waals surface area contributed by atoms with Gasteiger partial charge in [-0.25, -0.2) is 4.79 Å². The molecule has 3 amide bonds. The first-order valence-electron chi connectivity index (χ1n) is 13.7. The number of benzene rings is 3. The molecule has 3 aromatic rings. The lowest BCUT2D eigenvalue weighted by atomic mass is 9.95. The molecule has 2 atom stereocenters. The van der Waals surface area contributed by atoms with Gasteiger partial charge in [0.1, 0.15) is 17.7 Å². The molecule has 0 saturated heterocycles. The quantitative estimate of drug-likeness (QED) is 0.342. The molecule has 0 radical (unpaired) electrons. The SMILES string of the molecule is C#Cc1ccccc1C(C(=O)Nc1ccc2ccccc2c1)N(C(=O)C(NC(=O)OC(C)(C)C)C(C)C)C1CC1. The predicted octanol–water partition coefficient (Wildman–Crippen LogP) is 6.04. The maximum atomic E-state index is 14.2. The van der Waals surface area contributed by atoms with Gasteiger partial charge < -0.3 is 20.3 Å². The van der Waals surface area contributed by atoms with Crippen molar-refractivity contribution >= 4 is 34.4 Å². The van der Waals surface area contributed by atoms with E-state index in [0.717, 1.165) is 23.6 Å². The molecule has 4 rings (SSSR count). The number of anilines is 1. The van der Waals surface area contributed by atoms with Crippen molar-refractivity contribution in [1.29, 1.82) is 0 Å². The van der Waals surface area contributed by atoms with E-state index in [-0.39, 0.29) is 23.8 Å². The minimum Gasteiger partial charge on any atom is -0.444 e. The maximum Gasteiger partial charge on any atom is 0.408 e. The Labute approximate surface area is 236 Å². The monoisotopic (exact) mass is 539 g/mol. The number of ether oxygens (including phenoxy) is 1. The van der Waals surface area contributed by atoms with Gasteiger partial charge in [0.25, 0.3) is 5.91 Å². The molecule has 208 valence electrons. The number of nitrogens with zero attached hydrogens (tertiary/aromatic N) is 1. The van der Waals surface area contributed by atoms with Gasteiger partial charge in [-0.15, -0.1) is 6.42 Å². The number of rotatable bonds is 8. The Hall–Kier alpha value is -4.31.